The molecule has 0 radical (unpaired) electrons. The highest BCUT2D eigenvalue weighted by Gasteiger charge is 2.28. The summed E-state index contributed by atoms with van der Waals surface area (Å²) in [5, 5.41) is 13.4. The van der Waals surface area contributed by atoms with Crippen molar-refractivity contribution in [2.24, 2.45) is 0 Å². The van der Waals surface area contributed by atoms with E-state index in [1.807, 2.05) is 0 Å². The van der Waals surface area contributed by atoms with Crippen molar-refractivity contribution in [2.75, 3.05) is 6.54 Å². The predicted molar refractivity (Wildman–Crippen MR) is 51.7 cm³/mol. The Labute approximate surface area is 82.9 Å². The van der Waals surface area contributed by atoms with Gasteiger partial charge < -0.3 is 15.7 Å². The number of aliphatic carboxylic acids is 1. The molecule has 0 aromatic carbocycles. The maximum absolute atomic E-state index is 11.1. The third-order valence-electron chi connectivity index (χ3n) is 1.47. The van der Waals surface area contributed by atoms with Crippen LogP contribution in [-0.2, 0) is 4.79 Å². The summed E-state index contributed by atoms with van der Waals surface area (Å²) in [6.45, 7) is 4.67. The number of hydrogen-bond donors (Lipinski definition) is 3. The van der Waals surface area contributed by atoms with E-state index in [0.29, 0.717) is 0 Å². The molecule has 0 atom stereocenters. The summed E-state index contributed by atoms with van der Waals surface area (Å²) in [6, 6.07) is -0.542. The topological polar surface area (TPSA) is 78.4 Å². The van der Waals surface area contributed by atoms with Gasteiger partial charge in [-0.25, -0.2) is 9.59 Å². The minimum absolute atomic E-state index is 0.206. The summed E-state index contributed by atoms with van der Waals surface area (Å²) in [6.07, 6.45) is 0. The third kappa shape index (κ3) is 4.36. The van der Waals surface area contributed by atoms with Gasteiger partial charge in [-0.3, -0.25) is 0 Å². The third-order valence-corrected chi connectivity index (χ3v) is 1.47. The summed E-state index contributed by atoms with van der Waals surface area (Å²) >= 11 is 0. The van der Waals surface area contributed by atoms with Crippen LogP contribution in [0, 0.1) is 11.8 Å². The molecule has 0 saturated carbocycles. The molecule has 0 aliphatic rings. The van der Waals surface area contributed by atoms with Crippen LogP contribution in [0.3, 0.4) is 0 Å². The normalized spacial score (nSPS) is 9.64. The lowest BCUT2D eigenvalue weighted by atomic mass is 10.1. The van der Waals surface area contributed by atoms with Gasteiger partial charge in [0.25, 0.3) is 0 Å². The van der Waals surface area contributed by atoms with E-state index in [0.717, 1.165) is 0 Å². The Bertz CT molecular complexity index is 286. The lowest BCUT2D eigenvalue weighted by Gasteiger charge is -2.20. The standard InChI is InChI=1S/C9H14N2O3/c1-4-5-6-10-8(14)11-9(2,3)7(12)13/h6H2,1-3H3,(H,12,13)(H2,10,11,14). The van der Waals surface area contributed by atoms with E-state index >= 15 is 0 Å². The van der Waals surface area contributed by atoms with Gasteiger partial charge in [0.05, 0.1) is 6.54 Å². The Morgan fingerprint density at radius 3 is 2.43 bits per heavy atom. The van der Waals surface area contributed by atoms with Crippen LogP contribution in [0.4, 0.5) is 4.79 Å². The Morgan fingerprint density at radius 1 is 1.43 bits per heavy atom. The molecule has 0 saturated heterocycles. The van der Waals surface area contributed by atoms with Gasteiger partial charge in [-0.2, -0.15) is 0 Å². The van der Waals surface area contributed by atoms with E-state index in [1.54, 1.807) is 6.92 Å². The van der Waals surface area contributed by atoms with E-state index < -0.39 is 17.5 Å². The zero-order chi connectivity index (χ0) is 11.2. The van der Waals surface area contributed by atoms with E-state index in [9.17, 15) is 9.59 Å². The molecular weight excluding hydrogens is 184 g/mol. The average Bonchev–Trinajstić information content (AvgIpc) is 2.03. The number of rotatable bonds is 3. The lowest BCUT2D eigenvalue weighted by molar-refractivity contribution is -0.142. The van der Waals surface area contributed by atoms with Crippen LogP contribution in [0.25, 0.3) is 0 Å². The molecule has 78 valence electrons. The second kappa shape index (κ2) is 5.12. The van der Waals surface area contributed by atoms with Gasteiger partial charge in [0.2, 0.25) is 0 Å². The first-order valence-electron chi connectivity index (χ1n) is 4.09. The van der Waals surface area contributed by atoms with E-state index in [4.69, 9.17) is 5.11 Å². The number of urea groups is 1. The zero-order valence-corrected chi connectivity index (χ0v) is 8.47. The van der Waals surface area contributed by atoms with Crippen LogP contribution in [0.1, 0.15) is 20.8 Å². The molecule has 0 rings (SSSR count). The molecule has 0 aromatic heterocycles. The molecule has 0 aliphatic heterocycles. The molecule has 3 N–H and O–H groups in total. The first-order chi connectivity index (χ1) is 6.40. The van der Waals surface area contributed by atoms with E-state index in [2.05, 4.69) is 22.5 Å². The first kappa shape index (κ1) is 12.3. The minimum Gasteiger partial charge on any atom is -0.480 e. The van der Waals surface area contributed by atoms with Crippen molar-refractivity contribution in [1.29, 1.82) is 0 Å². The summed E-state index contributed by atoms with van der Waals surface area (Å²) in [7, 11) is 0. The van der Waals surface area contributed by atoms with Gasteiger partial charge in [-0.1, -0.05) is 5.92 Å². The number of carboxylic acids is 1. The van der Waals surface area contributed by atoms with Crippen molar-refractivity contribution in [1.82, 2.24) is 10.6 Å². The number of hydrogen-bond acceptors (Lipinski definition) is 2. The second-order valence-electron chi connectivity index (χ2n) is 3.16. The highest BCUT2D eigenvalue weighted by molar-refractivity contribution is 5.85. The lowest BCUT2D eigenvalue weighted by Crippen LogP contribution is -2.53. The van der Waals surface area contributed by atoms with Crippen molar-refractivity contribution in [3.05, 3.63) is 0 Å². The van der Waals surface area contributed by atoms with Crippen molar-refractivity contribution in [3.8, 4) is 11.8 Å². The SMILES string of the molecule is CC#CCNC(=O)NC(C)(C)C(=O)O. The summed E-state index contributed by atoms with van der Waals surface area (Å²) in [4.78, 5) is 21.7. The molecule has 0 aliphatic carbocycles. The van der Waals surface area contributed by atoms with E-state index in [1.165, 1.54) is 13.8 Å². The zero-order valence-electron chi connectivity index (χ0n) is 8.47. The predicted octanol–water partition coefficient (Wildman–Crippen LogP) is 0.172. The Hall–Kier alpha value is -1.70. The summed E-state index contributed by atoms with van der Waals surface area (Å²) in [5.74, 6) is 4.14. The molecule has 0 aromatic rings. The quantitative estimate of drug-likeness (QED) is 0.566. The molecule has 2 amide bonds. The van der Waals surface area contributed by atoms with Crippen LogP contribution in [0.15, 0.2) is 0 Å². The van der Waals surface area contributed by atoms with Gasteiger partial charge >= 0.3 is 12.0 Å². The fourth-order valence-electron chi connectivity index (χ4n) is 0.594. The number of carbonyl (C=O) groups excluding carboxylic acids is 1. The number of nitrogens with one attached hydrogen (secondary N) is 2. The van der Waals surface area contributed by atoms with Crippen LogP contribution < -0.4 is 10.6 Å². The van der Waals surface area contributed by atoms with Gasteiger partial charge in [-0.15, -0.1) is 5.92 Å². The number of carbonyl (C=O) groups is 2. The Morgan fingerprint density at radius 2 is 2.00 bits per heavy atom. The smallest absolute Gasteiger partial charge is 0.328 e. The largest absolute Gasteiger partial charge is 0.480 e. The van der Waals surface area contributed by atoms with Gasteiger partial charge in [0.1, 0.15) is 5.54 Å². The highest BCUT2D eigenvalue weighted by Crippen LogP contribution is 2.00. The molecule has 5 heteroatoms. The highest BCUT2D eigenvalue weighted by atomic mass is 16.4. The van der Waals surface area contributed by atoms with Crippen LogP contribution in [0.5, 0.6) is 0 Å². The first-order valence-corrected chi connectivity index (χ1v) is 4.09. The summed E-state index contributed by atoms with van der Waals surface area (Å²) in [5.41, 5.74) is -1.27. The van der Waals surface area contributed by atoms with Crippen molar-refractivity contribution >= 4 is 12.0 Å². The van der Waals surface area contributed by atoms with Gasteiger partial charge in [-0.05, 0) is 20.8 Å². The van der Waals surface area contributed by atoms with Crippen molar-refractivity contribution < 1.29 is 14.7 Å². The molecular formula is C9H14N2O3. The fraction of sp³-hybridized carbons (Fsp3) is 0.556. The Kier molecular flexibility index (Phi) is 4.50. The molecule has 0 fully saturated rings. The second-order valence-corrected chi connectivity index (χ2v) is 3.16. The molecule has 5 nitrogen and oxygen atoms in total. The van der Waals surface area contributed by atoms with Crippen LogP contribution in [-0.4, -0.2) is 29.2 Å². The monoisotopic (exact) mass is 198 g/mol. The fourth-order valence-corrected chi connectivity index (χ4v) is 0.594. The van der Waals surface area contributed by atoms with Gasteiger partial charge in [0, 0.05) is 0 Å². The molecule has 0 bridgehead atoms. The molecule has 14 heavy (non-hydrogen) atoms. The molecule has 0 heterocycles. The van der Waals surface area contributed by atoms with Crippen LogP contribution >= 0.6 is 0 Å². The maximum Gasteiger partial charge on any atom is 0.328 e. The van der Waals surface area contributed by atoms with Crippen molar-refractivity contribution in [3.63, 3.8) is 0 Å². The molecule has 0 unspecified atom stereocenters. The Balaban J connectivity index is 4.04. The number of carboxylic acid groups (broad SMARTS) is 1. The maximum atomic E-state index is 11.1. The van der Waals surface area contributed by atoms with Crippen LogP contribution in [0.2, 0.25) is 0 Å². The molecule has 0 spiro atoms. The number of amides is 2. The average molecular weight is 198 g/mol. The summed E-state index contributed by atoms with van der Waals surface area (Å²) < 4.78 is 0. The minimum atomic E-state index is -1.27. The van der Waals surface area contributed by atoms with Crippen molar-refractivity contribution in [2.45, 2.75) is 26.3 Å². The van der Waals surface area contributed by atoms with E-state index in [-0.39, 0.29) is 6.54 Å². The van der Waals surface area contributed by atoms with Gasteiger partial charge in [0.15, 0.2) is 0 Å².